The van der Waals surface area contributed by atoms with E-state index >= 15 is 0 Å². The first-order chi connectivity index (χ1) is 6.22. The minimum Gasteiger partial charge on any atom is -0.384 e. The lowest BCUT2D eigenvalue weighted by molar-refractivity contribution is 0.0581. The van der Waals surface area contributed by atoms with Crippen LogP contribution in [0.25, 0.3) is 0 Å². The van der Waals surface area contributed by atoms with Crippen molar-refractivity contribution in [3.63, 3.8) is 0 Å². The smallest absolute Gasteiger partial charge is 0.103 e. The molecule has 2 heteroatoms. The summed E-state index contributed by atoms with van der Waals surface area (Å²) in [6, 6.07) is 8.05. The number of hydrogen-bond donors (Lipinski definition) is 2. The quantitative estimate of drug-likeness (QED) is 0.675. The fourth-order valence-corrected chi connectivity index (χ4v) is 2.00. The van der Waals surface area contributed by atoms with Gasteiger partial charge in [0.05, 0.1) is 0 Å². The van der Waals surface area contributed by atoms with Gasteiger partial charge in [0, 0.05) is 6.54 Å². The summed E-state index contributed by atoms with van der Waals surface area (Å²) in [7, 11) is 0. The molecule has 0 spiro atoms. The summed E-state index contributed by atoms with van der Waals surface area (Å²) in [5.74, 6) is 0. The number of nitrogens with one attached hydrogen (secondary N) is 1. The Morgan fingerprint density at radius 3 is 2.77 bits per heavy atom. The van der Waals surface area contributed by atoms with Crippen molar-refractivity contribution >= 4 is 0 Å². The zero-order chi connectivity index (χ0) is 9.31. The number of aryl methyl sites for hydroxylation is 1. The maximum Gasteiger partial charge on any atom is 0.103 e. The number of benzene rings is 1. The van der Waals surface area contributed by atoms with E-state index in [9.17, 15) is 5.11 Å². The van der Waals surface area contributed by atoms with Crippen molar-refractivity contribution < 1.29 is 5.11 Å². The molecule has 2 N–H and O–H groups in total. The lowest BCUT2D eigenvalue weighted by Crippen LogP contribution is -2.29. The van der Waals surface area contributed by atoms with Crippen LogP contribution in [0, 0.1) is 6.92 Å². The maximum atomic E-state index is 10.3. The van der Waals surface area contributed by atoms with Crippen molar-refractivity contribution in [2.75, 3.05) is 13.1 Å². The average Bonchev–Trinajstić information content (AvgIpc) is 2.54. The lowest BCUT2D eigenvalue weighted by Gasteiger charge is -2.23. The molecule has 0 saturated carbocycles. The third-order valence-corrected chi connectivity index (χ3v) is 2.78. The van der Waals surface area contributed by atoms with Gasteiger partial charge >= 0.3 is 0 Å². The van der Waals surface area contributed by atoms with Gasteiger partial charge in [0.15, 0.2) is 0 Å². The maximum absolute atomic E-state index is 10.3. The van der Waals surface area contributed by atoms with Crippen molar-refractivity contribution in [3.8, 4) is 0 Å². The van der Waals surface area contributed by atoms with Crippen LogP contribution in [0.15, 0.2) is 24.3 Å². The van der Waals surface area contributed by atoms with E-state index in [0.29, 0.717) is 6.54 Å². The first-order valence-corrected chi connectivity index (χ1v) is 4.72. The second-order valence-electron chi connectivity index (χ2n) is 3.77. The molecule has 0 aliphatic carbocycles. The van der Waals surface area contributed by atoms with Crippen molar-refractivity contribution in [3.05, 3.63) is 35.4 Å². The molecule has 70 valence electrons. The van der Waals surface area contributed by atoms with Crippen LogP contribution in [0.3, 0.4) is 0 Å². The second kappa shape index (κ2) is 3.13. The normalized spacial score (nSPS) is 27.8. The van der Waals surface area contributed by atoms with E-state index in [1.807, 2.05) is 31.2 Å². The van der Waals surface area contributed by atoms with Gasteiger partial charge in [0.2, 0.25) is 0 Å². The van der Waals surface area contributed by atoms with Gasteiger partial charge in [-0.3, -0.25) is 0 Å². The van der Waals surface area contributed by atoms with Gasteiger partial charge in [-0.05, 0) is 31.0 Å². The average molecular weight is 177 g/mol. The zero-order valence-electron chi connectivity index (χ0n) is 7.88. The van der Waals surface area contributed by atoms with Crippen LogP contribution in [0.5, 0.6) is 0 Å². The molecule has 2 nitrogen and oxygen atoms in total. The molecule has 2 rings (SSSR count). The molecule has 1 fully saturated rings. The van der Waals surface area contributed by atoms with Gasteiger partial charge in [0.1, 0.15) is 5.60 Å². The predicted molar refractivity (Wildman–Crippen MR) is 52.6 cm³/mol. The molecule has 0 aromatic heterocycles. The first kappa shape index (κ1) is 8.73. The lowest BCUT2D eigenvalue weighted by atomic mass is 9.90. The molecule has 1 aliphatic rings. The fourth-order valence-electron chi connectivity index (χ4n) is 2.00. The summed E-state index contributed by atoms with van der Waals surface area (Å²) < 4.78 is 0. The van der Waals surface area contributed by atoms with Crippen LogP contribution < -0.4 is 5.32 Å². The molecular weight excluding hydrogens is 162 g/mol. The highest BCUT2D eigenvalue weighted by atomic mass is 16.3. The molecule has 1 unspecified atom stereocenters. The van der Waals surface area contributed by atoms with Crippen LogP contribution in [0.2, 0.25) is 0 Å². The van der Waals surface area contributed by atoms with Crippen molar-refractivity contribution in [1.29, 1.82) is 0 Å². The number of rotatable bonds is 1. The van der Waals surface area contributed by atoms with Crippen LogP contribution in [0.4, 0.5) is 0 Å². The fraction of sp³-hybridized carbons (Fsp3) is 0.455. The van der Waals surface area contributed by atoms with Gasteiger partial charge in [-0.1, -0.05) is 24.3 Å². The molecule has 1 atom stereocenters. The Morgan fingerprint density at radius 2 is 2.15 bits per heavy atom. The molecule has 1 aromatic rings. The van der Waals surface area contributed by atoms with Crippen molar-refractivity contribution in [2.24, 2.45) is 0 Å². The Hall–Kier alpha value is -0.860. The predicted octanol–water partition coefficient (Wildman–Crippen LogP) is 1.18. The van der Waals surface area contributed by atoms with Crippen LogP contribution in [-0.4, -0.2) is 18.2 Å². The van der Waals surface area contributed by atoms with E-state index in [4.69, 9.17) is 0 Å². The minimum atomic E-state index is -0.634. The van der Waals surface area contributed by atoms with E-state index in [0.717, 1.165) is 18.5 Å². The van der Waals surface area contributed by atoms with Gasteiger partial charge in [0.25, 0.3) is 0 Å². The standard InChI is InChI=1S/C11H15NO/c1-9-4-2-3-5-10(9)11(13)6-7-12-8-11/h2-5,12-13H,6-8H2,1H3. The molecule has 0 bridgehead atoms. The summed E-state index contributed by atoms with van der Waals surface area (Å²) in [6.07, 6.45) is 0.817. The molecule has 1 saturated heterocycles. The number of aliphatic hydroxyl groups is 1. The highest BCUT2D eigenvalue weighted by molar-refractivity contribution is 5.32. The Balaban J connectivity index is 2.39. The topological polar surface area (TPSA) is 32.3 Å². The highest BCUT2D eigenvalue weighted by Crippen LogP contribution is 2.29. The summed E-state index contributed by atoms with van der Waals surface area (Å²) in [4.78, 5) is 0. The third kappa shape index (κ3) is 1.47. The van der Waals surface area contributed by atoms with Gasteiger partial charge in [-0.2, -0.15) is 0 Å². The summed E-state index contributed by atoms with van der Waals surface area (Å²) in [5, 5.41) is 13.5. The van der Waals surface area contributed by atoms with Crippen molar-refractivity contribution in [2.45, 2.75) is 18.9 Å². The van der Waals surface area contributed by atoms with Crippen molar-refractivity contribution in [1.82, 2.24) is 5.32 Å². The molecule has 1 aromatic carbocycles. The molecular formula is C11H15NO. The van der Waals surface area contributed by atoms with Crippen LogP contribution in [0.1, 0.15) is 17.5 Å². The molecule has 1 aliphatic heterocycles. The van der Waals surface area contributed by atoms with Gasteiger partial charge in [-0.15, -0.1) is 0 Å². The van der Waals surface area contributed by atoms with E-state index in [1.54, 1.807) is 0 Å². The summed E-state index contributed by atoms with van der Waals surface area (Å²) >= 11 is 0. The summed E-state index contributed by atoms with van der Waals surface area (Å²) in [6.45, 7) is 3.63. The van der Waals surface area contributed by atoms with E-state index in [2.05, 4.69) is 5.32 Å². The Morgan fingerprint density at radius 1 is 1.38 bits per heavy atom. The highest BCUT2D eigenvalue weighted by Gasteiger charge is 2.33. The minimum absolute atomic E-state index is 0.634. The van der Waals surface area contributed by atoms with E-state index in [1.165, 1.54) is 5.56 Å². The monoisotopic (exact) mass is 177 g/mol. The van der Waals surface area contributed by atoms with Crippen LogP contribution >= 0.6 is 0 Å². The Bertz CT molecular complexity index is 303. The van der Waals surface area contributed by atoms with Crippen LogP contribution in [-0.2, 0) is 5.60 Å². The molecule has 0 radical (unpaired) electrons. The number of hydrogen-bond acceptors (Lipinski definition) is 2. The summed E-state index contributed by atoms with van der Waals surface area (Å²) in [5.41, 5.74) is 1.61. The molecule has 1 heterocycles. The molecule has 13 heavy (non-hydrogen) atoms. The molecule has 0 amide bonds. The van der Waals surface area contributed by atoms with E-state index in [-0.39, 0.29) is 0 Å². The first-order valence-electron chi connectivity index (χ1n) is 4.72. The SMILES string of the molecule is Cc1ccccc1C1(O)CCNC1. The second-order valence-corrected chi connectivity index (χ2v) is 3.77. The zero-order valence-corrected chi connectivity index (χ0v) is 7.88. The Kier molecular flexibility index (Phi) is 2.10. The van der Waals surface area contributed by atoms with E-state index < -0.39 is 5.60 Å². The van der Waals surface area contributed by atoms with Gasteiger partial charge in [-0.25, -0.2) is 0 Å². The third-order valence-electron chi connectivity index (χ3n) is 2.78. The largest absolute Gasteiger partial charge is 0.384 e. The van der Waals surface area contributed by atoms with Gasteiger partial charge < -0.3 is 10.4 Å². The Labute approximate surface area is 78.6 Å². The number of β-amino-alcohol motifs (C(OH)–C–C–N with tert-alkyl or cyclic N) is 1.